The van der Waals surface area contributed by atoms with Crippen LogP contribution in [0.4, 0.5) is 4.79 Å². The van der Waals surface area contributed by atoms with Crippen LogP contribution >= 0.6 is 0 Å². The molecule has 0 radical (unpaired) electrons. The highest BCUT2D eigenvalue weighted by Crippen LogP contribution is 2.17. The van der Waals surface area contributed by atoms with Gasteiger partial charge in [0.25, 0.3) is 5.91 Å². The fourth-order valence-electron chi connectivity index (χ4n) is 1.18. The summed E-state index contributed by atoms with van der Waals surface area (Å²) in [5, 5.41) is 13.2. The van der Waals surface area contributed by atoms with E-state index in [0.717, 1.165) is 0 Å². The molecule has 3 amide bonds. The zero-order valence-corrected chi connectivity index (χ0v) is 10.1. The lowest BCUT2D eigenvalue weighted by Crippen LogP contribution is -2.44. The van der Waals surface area contributed by atoms with E-state index in [9.17, 15) is 9.59 Å². The van der Waals surface area contributed by atoms with Crippen molar-refractivity contribution in [3.63, 3.8) is 0 Å². The van der Waals surface area contributed by atoms with Crippen LogP contribution in [0.15, 0.2) is 24.3 Å². The number of carbonyl (C=O) groups excluding carboxylic acids is 2. The molecule has 0 aliphatic carbocycles. The minimum absolute atomic E-state index is 0.305. The molecule has 18 heavy (non-hydrogen) atoms. The Balaban J connectivity index is 2.70. The third-order valence-electron chi connectivity index (χ3n) is 2.14. The first kappa shape index (κ1) is 13.5. The van der Waals surface area contributed by atoms with Crippen LogP contribution in [0.2, 0.25) is 0 Å². The van der Waals surface area contributed by atoms with Crippen molar-refractivity contribution in [1.82, 2.24) is 10.6 Å². The van der Waals surface area contributed by atoms with Crippen LogP contribution in [0, 0.1) is 11.3 Å². The van der Waals surface area contributed by atoms with Crippen molar-refractivity contribution >= 4 is 11.9 Å². The molecule has 1 rings (SSSR count). The van der Waals surface area contributed by atoms with E-state index in [1.54, 1.807) is 24.3 Å². The van der Waals surface area contributed by atoms with Crippen LogP contribution in [-0.2, 0) is 4.79 Å². The second-order valence-corrected chi connectivity index (χ2v) is 3.44. The molecular formula is C12H13N3O3. The highest BCUT2D eigenvalue weighted by Gasteiger charge is 2.17. The predicted octanol–water partition coefficient (Wildman–Crippen LogP) is 0.781. The Labute approximate surface area is 105 Å². The number of nitrogens with zero attached hydrogens (tertiary/aromatic N) is 1. The number of urea groups is 1. The van der Waals surface area contributed by atoms with Gasteiger partial charge < -0.3 is 10.1 Å². The van der Waals surface area contributed by atoms with Crippen molar-refractivity contribution in [2.45, 2.75) is 13.0 Å². The van der Waals surface area contributed by atoms with E-state index in [1.165, 1.54) is 14.0 Å². The molecule has 0 spiro atoms. The molecule has 1 unspecified atom stereocenters. The van der Waals surface area contributed by atoms with Crippen LogP contribution in [0.1, 0.15) is 12.5 Å². The van der Waals surface area contributed by atoms with Gasteiger partial charge in [-0.05, 0) is 19.1 Å². The van der Waals surface area contributed by atoms with E-state index in [1.807, 2.05) is 6.07 Å². The average molecular weight is 247 g/mol. The molecule has 2 N–H and O–H groups in total. The number of para-hydroxylation sites is 1. The lowest BCUT2D eigenvalue weighted by Gasteiger charge is -2.14. The normalized spacial score (nSPS) is 10.9. The first-order chi connectivity index (χ1) is 8.58. The summed E-state index contributed by atoms with van der Waals surface area (Å²) in [6.07, 6.45) is -0.878. The predicted molar refractivity (Wildman–Crippen MR) is 63.8 cm³/mol. The maximum absolute atomic E-state index is 11.5. The third-order valence-corrected chi connectivity index (χ3v) is 2.14. The van der Waals surface area contributed by atoms with Crippen LogP contribution in [-0.4, -0.2) is 25.1 Å². The lowest BCUT2D eigenvalue weighted by atomic mass is 10.2. The number of nitriles is 1. The lowest BCUT2D eigenvalue weighted by molar-refractivity contribution is -0.126. The molecule has 0 aromatic heterocycles. The quantitative estimate of drug-likeness (QED) is 0.825. The van der Waals surface area contributed by atoms with Gasteiger partial charge in [-0.1, -0.05) is 12.1 Å². The van der Waals surface area contributed by atoms with E-state index in [-0.39, 0.29) is 0 Å². The number of nitrogens with one attached hydrogen (secondary N) is 2. The van der Waals surface area contributed by atoms with Crippen molar-refractivity contribution in [2.24, 2.45) is 0 Å². The summed E-state index contributed by atoms with van der Waals surface area (Å²) in [5.41, 5.74) is 0.331. The van der Waals surface area contributed by atoms with Gasteiger partial charge in [-0.15, -0.1) is 0 Å². The summed E-state index contributed by atoms with van der Waals surface area (Å²) in [6, 6.07) is 7.91. The first-order valence-electron chi connectivity index (χ1n) is 5.27. The molecule has 1 aromatic rings. The Hall–Kier alpha value is -2.55. The largest absolute Gasteiger partial charge is 0.480 e. The SMILES string of the molecule is CNC(=O)NC(=O)C(C)Oc1ccccc1C#N. The van der Waals surface area contributed by atoms with Gasteiger partial charge in [-0.2, -0.15) is 5.26 Å². The Kier molecular flexibility index (Phi) is 4.69. The van der Waals surface area contributed by atoms with Crippen LogP contribution < -0.4 is 15.4 Å². The molecule has 0 saturated heterocycles. The Morgan fingerprint density at radius 1 is 1.39 bits per heavy atom. The molecular weight excluding hydrogens is 234 g/mol. The molecule has 0 saturated carbocycles. The fourth-order valence-corrected chi connectivity index (χ4v) is 1.18. The molecule has 0 bridgehead atoms. The van der Waals surface area contributed by atoms with Crippen LogP contribution in [0.5, 0.6) is 5.75 Å². The number of benzene rings is 1. The number of hydrogen-bond acceptors (Lipinski definition) is 4. The summed E-state index contributed by atoms with van der Waals surface area (Å²) in [6.45, 7) is 1.49. The first-order valence-corrected chi connectivity index (χ1v) is 5.27. The van der Waals surface area contributed by atoms with Gasteiger partial charge in [0.2, 0.25) is 0 Å². The van der Waals surface area contributed by atoms with Crippen LogP contribution in [0.3, 0.4) is 0 Å². The van der Waals surface area contributed by atoms with E-state index in [0.29, 0.717) is 11.3 Å². The number of rotatable bonds is 3. The standard InChI is InChI=1S/C12H13N3O3/c1-8(11(16)15-12(17)14-2)18-10-6-4-3-5-9(10)7-13/h3-6,8H,1-2H3,(H2,14,15,16,17). The molecule has 94 valence electrons. The zero-order chi connectivity index (χ0) is 13.5. The van der Waals surface area contributed by atoms with Gasteiger partial charge in [-0.3, -0.25) is 10.1 Å². The van der Waals surface area contributed by atoms with Gasteiger partial charge in [0.05, 0.1) is 5.56 Å². The maximum atomic E-state index is 11.5. The number of ether oxygens (including phenoxy) is 1. The summed E-state index contributed by atoms with van der Waals surface area (Å²) >= 11 is 0. The molecule has 0 fully saturated rings. The third kappa shape index (κ3) is 3.49. The topological polar surface area (TPSA) is 91.2 Å². The zero-order valence-electron chi connectivity index (χ0n) is 10.1. The number of amides is 3. The Bertz CT molecular complexity index is 494. The highest BCUT2D eigenvalue weighted by atomic mass is 16.5. The smallest absolute Gasteiger partial charge is 0.321 e. The van der Waals surface area contributed by atoms with Crippen molar-refractivity contribution in [3.8, 4) is 11.8 Å². The van der Waals surface area contributed by atoms with Crippen molar-refractivity contribution in [2.75, 3.05) is 7.05 Å². The van der Waals surface area contributed by atoms with Gasteiger partial charge in [0.15, 0.2) is 6.10 Å². The van der Waals surface area contributed by atoms with Gasteiger partial charge >= 0.3 is 6.03 Å². The van der Waals surface area contributed by atoms with Crippen LogP contribution in [0.25, 0.3) is 0 Å². The minimum Gasteiger partial charge on any atom is -0.480 e. The molecule has 0 heterocycles. The Morgan fingerprint density at radius 2 is 2.06 bits per heavy atom. The molecule has 1 aromatic carbocycles. The second kappa shape index (κ2) is 6.25. The molecule has 1 atom stereocenters. The van der Waals surface area contributed by atoms with Crippen molar-refractivity contribution < 1.29 is 14.3 Å². The van der Waals surface area contributed by atoms with E-state index < -0.39 is 18.0 Å². The monoisotopic (exact) mass is 247 g/mol. The van der Waals surface area contributed by atoms with Crippen molar-refractivity contribution in [1.29, 1.82) is 5.26 Å². The number of hydrogen-bond donors (Lipinski definition) is 2. The van der Waals surface area contributed by atoms with Gasteiger partial charge in [-0.25, -0.2) is 4.79 Å². The van der Waals surface area contributed by atoms with E-state index in [2.05, 4.69) is 10.6 Å². The van der Waals surface area contributed by atoms with Crippen molar-refractivity contribution in [3.05, 3.63) is 29.8 Å². The summed E-state index contributed by atoms with van der Waals surface area (Å²) in [5.74, 6) is -0.276. The summed E-state index contributed by atoms with van der Waals surface area (Å²) in [4.78, 5) is 22.5. The number of carbonyl (C=O) groups is 2. The summed E-state index contributed by atoms with van der Waals surface area (Å²) in [7, 11) is 1.40. The second-order valence-electron chi connectivity index (χ2n) is 3.44. The summed E-state index contributed by atoms with van der Waals surface area (Å²) < 4.78 is 5.33. The van der Waals surface area contributed by atoms with E-state index in [4.69, 9.17) is 10.00 Å². The van der Waals surface area contributed by atoms with Gasteiger partial charge in [0.1, 0.15) is 11.8 Å². The molecule has 0 aliphatic rings. The van der Waals surface area contributed by atoms with E-state index >= 15 is 0 Å². The molecule has 0 aliphatic heterocycles. The average Bonchev–Trinajstić information content (AvgIpc) is 2.39. The van der Waals surface area contributed by atoms with Gasteiger partial charge in [0, 0.05) is 7.05 Å². The highest BCUT2D eigenvalue weighted by molar-refractivity contribution is 5.96. The molecule has 6 heteroatoms. The minimum atomic E-state index is -0.878. The Morgan fingerprint density at radius 3 is 2.67 bits per heavy atom. The molecule has 6 nitrogen and oxygen atoms in total. The fraction of sp³-hybridized carbons (Fsp3) is 0.250. The maximum Gasteiger partial charge on any atom is 0.321 e. The number of imide groups is 1.